The first-order chi connectivity index (χ1) is 7.26. The van der Waals surface area contributed by atoms with Crippen molar-refractivity contribution >= 4 is 5.97 Å². The van der Waals surface area contributed by atoms with E-state index in [1.807, 2.05) is 32.0 Å². The Morgan fingerprint density at radius 2 is 1.88 bits per heavy atom. The summed E-state index contributed by atoms with van der Waals surface area (Å²) in [6.07, 6.45) is -1.39. The maximum Gasteiger partial charge on any atom is 0.333 e. The van der Waals surface area contributed by atoms with Crippen LogP contribution in [-0.4, -0.2) is 22.3 Å². The zero-order valence-electron chi connectivity index (χ0n) is 10.1. The summed E-state index contributed by atoms with van der Waals surface area (Å²) in [5, 5.41) is 18.6. The number of aliphatic carboxylic acids is 1. The van der Waals surface area contributed by atoms with Gasteiger partial charge in [0, 0.05) is 5.41 Å². The fraction of sp³-hybridized carbons (Fsp3) is 0.462. The summed E-state index contributed by atoms with van der Waals surface area (Å²) in [5.41, 5.74) is 2.21. The van der Waals surface area contributed by atoms with E-state index in [9.17, 15) is 9.90 Å². The normalized spacial score (nSPS) is 13.6. The van der Waals surface area contributed by atoms with E-state index >= 15 is 0 Å². The van der Waals surface area contributed by atoms with Gasteiger partial charge in [-0.2, -0.15) is 0 Å². The molecule has 3 heteroatoms. The Morgan fingerprint density at radius 1 is 1.31 bits per heavy atom. The summed E-state index contributed by atoms with van der Waals surface area (Å²) in [6, 6.07) is 5.81. The molecule has 1 aromatic rings. The Morgan fingerprint density at radius 3 is 2.31 bits per heavy atom. The van der Waals surface area contributed by atoms with Crippen LogP contribution in [0.4, 0.5) is 0 Å². The fourth-order valence-corrected chi connectivity index (χ4v) is 1.99. The lowest BCUT2D eigenvalue weighted by Crippen LogP contribution is -2.40. The number of carboxylic acid groups (broad SMARTS) is 1. The molecule has 0 saturated carbocycles. The third kappa shape index (κ3) is 2.25. The third-order valence-electron chi connectivity index (χ3n) is 2.99. The molecule has 0 amide bonds. The molecule has 0 heterocycles. The Kier molecular flexibility index (Phi) is 3.38. The molecule has 0 spiro atoms. The maximum absolute atomic E-state index is 10.8. The zero-order chi connectivity index (χ0) is 12.5. The molecule has 0 aliphatic carbocycles. The molecule has 0 aromatic heterocycles. The smallest absolute Gasteiger partial charge is 0.333 e. The van der Waals surface area contributed by atoms with Crippen LogP contribution < -0.4 is 0 Å². The Balaban J connectivity index is 3.21. The number of benzene rings is 1. The van der Waals surface area contributed by atoms with E-state index in [-0.39, 0.29) is 0 Å². The quantitative estimate of drug-likeness (QED) is 0.822. The Labute approximate surface area is 95.7 Å². The molecule has 1 atom stereocenters. The molecule has 0 saturated heterocycles. The highest BCUT2D eigenvalue weighted by molar-refractivity contribution is 5.74. The van der Waals surface area contributed by atoms with Gasteiger partial charge in [0.15, 0.2) is 6.10 Å². The maximum atomic E-state index is 10.8. The van der Waals surface area contributed by atoms with Crippen LogP contribution in [-0.2, 0) is 10.2 Å². The van der Waals surface area contributed by atoms with Gasteiger partial charge in [-0.25, -0.2) is 4.79 Å². The molecule has 16 heavy (non-hydrogen) atoms. The summed E-state index contributed by atoms with van der Waals surface area (Å²) in [4.78, 5) is 10.8. The van der Waals surface area contributed by atoms with Gasteiger partial charge in [-0.05, 0) is 25.0 Å². The molecule has 0 aliphatic rings. The summed E-state index contributed by atoms with van der Waals surface area (Å²) in [6.45, 7) is 7.39. The fourth-order valence-electron chi connectivity index (χ4n) is 1.99. The molecule has 3 nitrogen and oxygen atoms in total. The molecule has 0 bridgehead atoms. The molecule has 0 aliphatic heterocycles. The standard InChI is InChI=1S/C13H18O3/c1-8-5-6-10(9(2)7-8)13(3,4)11(14)12(15)16/h5-7,11,14H,1-4H3,(H,15,16). The second-order valence-electron chi connectivity index (χ2n) is 4.78. The lowest BCUT2D eigenvalue weighted by atomic mass is 9.77. The van der Waals surface area contributed by atoms with E-state index < -0.39 is 17.5 Å². The third-order valence-corrected chi connectivity index (χ3v) is 2.99. The monoisotopic (exact) mass is 222 g/mol. The van der Waals surface area contributed by atoms with Crippen LogP contribution in [0.2, 0.25) is 0 Å². The van der Waals surface area contributed by atoms with E-state index in [1.54, 1.807) is 13.8 Å². The Bertz CT molecular complexity index is 408. The van der Waals surface area contributed by atoms with Gasteiger partial charge in [0.05, 0.1) is 0 Å². The number of hydrogen-bond donors (Lipinski definition) is 2. The van der Waals surface area contributed by atoms with Gasteiger partial charge in [0.2, 0.25) is 0 Å². The first-order valence-electron chi connectivity index (χ1n) is 5.25. The number of aliphatic hydroxyl groups excluding tert-OH is 1. The lowest BCUT2D eigenvalue weighted by molar-refractivity contribution is -0.150. The van der Waals surface area contributed by atoms with Crippen LogP contribution in [0.3, 0.4) is 0 Å². The minimum atomic E-state index is -1.39. The van der Waals surface area contributed by atoms with Crippen molar-refractivity contribution in [2.45, 2.75) is 39.2 Å². The van der Waals surface area contributed by atoms with Crippen LogP contribution in [0, 0.1) is 13.8 Å². The number of carboxylic acids is 1. The number of rotatable bonds is 3. The van der Waals surface area contributed by atoms with Crippen molar-refractivity contribution < 1.29 is 15.0 Å². The zero-order valence-corrected chi connectivity index (χ0v) is 10.1. The van der Waals surface area contributed by atoms with E-state index in [0.717, 1.165) is 16.7 Å². The number of carbonyl (C=O) groups is 1. The van der Waals surface area contributed by atoms with E-state index in [2.05, 4.69) is 0 Å². The number of aliphatic hydroxyl groups is 1. The average molecular weight is 222 g/mol. The minimum Gasteiger partial charge on any atom is -0.479 e. The second-order valence-corrected chi connectivity index (χ2v) is 4.78. The van der Waals surface area contributed by atoms with Gasteiger partial charge in [0.25, 0.3) is 0 Å². The SMILES string of the molecule is Cc1ccc(C(C)(C)C(O)C(=O)O)c(C)c1. The molecular weight excluding hydrogens is 204 g/mol. The molecule has 0 radical (unpaired) electrons. The topological polar surface area (TPSA) is 57.5 Å². The van der Waals surface area contributed by atoms with Gasteiger partial charge in [-0.15, -0.1) is 0 Å². The Hall–Kier alpha value is -1.35. The minimum absolute atomic E-state index is 0.788. The highest BCUT2D eigenvalue weighted by atomic mass is 16.4. The summed E-state index contributed by atoms with van der Waals surface area (Å²) < 4.78 is 0. The summed E-state index contributed by atoms with van der Waals surface area (Å²) in [5.74, 6) is -1.19. The number of hydrogen-bond acceptors (Lipinski definition) is 2. The first kappa shape index (κ1) is 12.7. The predicted octanol–water partition coefficient (Wildman–Crippen LogP) is 2.03. The van der Waals surface area contributed by atoms with Gasteiger partial charge in [0.1, 0.15) is 0 Å². The van der Waals surface area contributed by atoms with Crippen molar-refractivity contribution in [3.63, 3.8) is 0 Å². The van der Waals surface area contributed by atoms with Gasteiger partial charge >= 0.3 is 5.97 Å². The van der Waals surface area contributed by atoms with Crippen molar-refractivity contribution in [1.82, 2.24) is 0 Å². The molecular formula is C13H18O3. The van der Waals surface area contributed by atoms with Crippen molar-refractivity contribution in [1.29, 1.82) is 0 Å². The summed E-state index contributed by atoms with van der Waals surface area (Å²) >= 11 is 0. The van der Waals surface area contributed by atoms with E-state index in [0.29, 0.717) is 0 Å². The van der Waals surface area contributed by atoms with Crippen molar-refractivity contribution in [3.05, 3.63) is 34.9 Å². The van der Waals surface area contributed by atoms with Crippen LogP contribution in [0.25, 0.3) is 0 Å². The molecule has 1 rings (SSSR count). The molecule has 1 unspecified atom stereocenters. The molecule has 88 valence electrons. The van der Waals surface area contributed by atoms with Gasteiger partial charge in [-0.3, -0.25) is 0 Å². The van der Waals surface area contributed by atoms with Crippen LogP contribution in [0.1, 0.15) is 30.5 Å². The second kappa shape index (κ2) is 4.26. The van der Waals surface area contributed by atoms with E-state index in [4.69, 9.17) is 5.11 Å². The van der Waals surface area contributed by atoms with Crippen molar-refractivity contribution in [2.75, 3.05) is 0 Å². The predicted molar refractivity (Wildman–Crippen MR) is 62.6 cm³/mol. The average Bonchev–Trinajstić information content (AvgIpc) is 2.15. The van der Waals surface area contributed by atoms with E-state index in [1.165, 1.54) is 0 Å². The van der Waals surface area contributed by atoms with Crippen LogP contribution in [0.15, 0.2) is 18.2 Å². The molecule has 1 aromatic carbocycles. The highest BCUT2D eigenvalue weighted by Crippen LogP contribution is 2.30. The molecule has 2 N–H and O–H groups in total. The highest BCUT2D eigenvalue weighted by Gasteiger charge is 2.35. The molecule has 0 fully saturated rings. The lowest BCUT2D eigenvalue weighted by Gasteiger charge is -2.30. The van der Waals surface area contributed by atoms with Crippen molar-refractivity contribution in [3.8, 4) is 0 Å². The van der Waals surface area contributed by atoms with Crippen LogP contribution >= 0.6 is 0 Å². The number of aryl methyl sites for hydroxylation is 2. The summed E-state index contributed by atoms with van der Waals surface area (Å²) in [7, 11) is 0. The largest absolute Gasteiger partial charge is 0.479 e. The van der Waals surface area contributed by atoms with Crippen molar-refractivity contribution in [2.24, 2.45) is 0 Å². The first-order valence-corrected chi connectivity index (χ1v) is 5.25. The van der Waals surface area contributed by atoms with Gasteiger partial charge in [-0.1, -0.05) is 37.6 Å². The van der Waals surface area contributed by atoms with Crippen LogP contribution in [0.5, 0.6) is 0 Å². The van der Waals surface area contributed by atoms with Gasteiger partial charge < -0.3 is 10.2 Å².